The number of hydrogen-bond acceptors (Lipinski definition) is 0. The summed E-state index contributed by atoms with van der Waals surface area (Å²) in [7, 11) is 0. The van der Waals surface area contributed by atoms with Crippen LogP contribution in [0.4, 0.5) is 0 Å². The summed E-state index contributed by atoms with van der Waals surface area (Å²) in [5.41, 5.74) is 5.16. The molecule has 0 amide bonds. The SMILES string of the molecule is [CH-]=CC1=[C-]c2cccc[n+]2C12c1ccccc1-c1cccc[n+]12.[Y]. The smallest absolute Gasteiger partial charge is 0.333 e. The monoisotopic (exact) mass is 383 g/mol. The summed E-state index contributed by atoms with van der Waals surface area (Å²) in [4.78, 5) is 0. The van der Waals surface area contributed by atoms with Crippen LogP contribution in [0.2, 0.25) is 0 Å². The molecule has 0 saturated heterocycles. The van der Waals surface area contributed by atoms with E-state index in [2.05, 4.69) is 82.2 Å². The van der Waals surface area contributed by atoms with Gasteiger partial charge >= 0.3 is 5.66 Å². The molecule has 2 nitrogen and oxygen atoms in total. The molecular weight excluding hydrogens is 369 g/mol. The zero-order chi connectivity index (χ0) is 15.4. The minimum absolute atomic E-state index is 0. The summed E-state index contributed by atoms with van der Waals surface area (Å²) in [5.74, 6) is 0. The summed E-state index contributed by atoms with van der Waals surface area (Å²) in [5, 5.41) is 0. The molecule has 5 rings (SSSR count). The molecule has 4 heterocycles. The maximum atomic E-state index is 6.03. The predicted molar refractivity (Wildman–Crippen MR) is 85.9 cm³/mol. The Morgan fingerprint density at radius 1 is 0.875 bits per heavy atom. The van der Waals surface area contributed by atoms with Crippen molar-refractivity contribution in [3.05, 3.63) is 109 Å². The molecule has 1 unspecified atom stereocenters. The molecule has 111 valence electrons. The van der Waals surface area contributed by atoms with Crippen LogP contribution >= 0.6 is 0 Å². The average molecular weight is 383 g/mol. The summed E-state index contributed by atoms with van der Waals surface area (Å²) in [6.45, 7) is 6.03. The molecule has 3 heteroatoms. The van der Waals surface area contributed by atoms with E-state index in [0.717, 1.165) is 11.3 Å². The largest absolute Gasteiger partial charge is 0.360 e. The topological polar surface area (TPSA) is 7.76 Å². The molecule has 0 fully saturated rings. The number of aromatic nitrogens is 2. The minimum Gasteiger partial charge on any atom is -0.360 e. The molecular formula is C21H14N2Y. The van der Waals surface area contributed by atoms with Crippen molar-refractivity contribution in [2.75, 3.05) is 0 Å². The van der Waals surface area contributed by atoms with Crippen LogP contribution in [0.1, 0.15) is 11.3 Å². The van der Waals surface area contributed by atoms with E-state index in [1.807, 2.05) is 6.07 Å². The first-order chi connectivity index (χ1) is 11.4. The van der Waals surface area contributed by atoms with Crippen LogP contribution in [0, 0.1) is 12.7 Å². The van der Waals surface area contributed by atoms with E-state index < -0.39 is 5.66 Å². The normalized spacial score (nSPS) is 19.1. The molecule has 0 bridgehead atoms. The van der Waals surface area contributed by atoms with Crippen LogP contribution in [-0.4, -0.2) is 0 Å². The third kappa shape index (κ3) is 1.73. The van der Waals surface area contributed by atoms with Crippen molar-refractivity contribution in [1.29, 1.82) is 0 Å². The predicted octanol–water partition coefficient (Wildman–Crippen LogP) is 2.57. The van der Waals surface area contributed by atoms with Crippen molar-refractivity contribution in [2.24, 2.45) is 0 Å². The van der Waals surface area contributed by atoms with E-state index in [9.17, 15) is 0 Å². The van der Waals surface area contributed by atoms with E-state index in [4.69, 9.17) is 6.58 Å². The number of fused-ring (bicyclic) bond motifs is 7. The Morgan fingerprint density at radius 2 is 1.58 bits per heavy atom. The Labute approximate surface area is 166 Å². The molecule has 0 aliphatic carbocycles. The van der Waals surface area contributed by atoms with Crippen molar-refractivity contribution in [3.63, 3.8) is 0 Å². The molecule has 3 aromatic rings. The molecule has 2 aliphatic rings. The Bertz CT molecular complexity index is 958. The Hall–Kier alpha value is -1.90. The number of nitrogens with zero attached hydrogens (tertiary/aromatic N) is 2. The van der Waals surface area contributed by atoms with Gasteiger partial charge in [-0.1, -0.05) is 18.2 Å². The fourth-order valence-electron chi connectivity index (χ4n) is 3.95. The molecule has 0 saturated carbocycles. The van der Waals surface area contributed by atoms with Crippen LogP contribution < -0.4 is 9.13 Å². The second-order valence-electron chi connectivity index (χ2n) is 5.83. The van der Waals surface area contributed by atoms with Crippen molar-refractivity contribution < 1.29 is 41.8 Å². The quantitative estimate of drug-likeness (QED) is 0.451. The Balaban J connectivity index is 0.00000146. The molecule has 2 aliphatic heterocycles. The Morgan fingerprint density at radius 3 is 2.42 bits per heavy atom. The zero-order valence-corrected chi connectivity index (χ0v) is 15.9. The number of benzene rings is 1. The number of pyridine rings is 2. The van der Waals surface area contributed by atoms with E-state index in [0.29, 0.717) is 0 Å². The summed E-state index contributed by atoms with van der Waals surface area (Å²) < 4.78 is 4.54. The van der Waals surface area contributed by atoms with Gasteiger partial charge in [-0.3, -0.25) is 0 Å². The molecule has 2 aromatic heterocycles. The fourth-order valence-corrected chi connectivity index (χ4v) is 3.95. The van der Waals surface area contributed by atoms with Gasteiger partial charge in [-0.05, 0) is 24.3 Å². The third-order valence-corrected chi connectivity index (χ3v) is 4.80. The molecule has 24 heavy (non-hydrogen) atoms. The van der Waals surface area contributed by atoms with Gasteiger partial charge in [-0.25, -0.2) is 0 Å². The Kier molecular flexibility index (Phi) is 3.63. The second kappa shape index (κ2) is 5.58. The van der Waals surface area contributed by atoms with Gasteiger partial charge in [-0.15, -0.1) is 10.6 Å². The van der Waals surface area contributed by atoms with Gasteiger partial charge in [0.1, 0.15) is 0 Å². The van der Waals surface area contributed by atoms with Gasteiger partial charge < -0.3 is 12.7 Å². The standard InChI is InChI=1S/C21H14N2.Y/c1-2-16-15-17-9-5-7-13-22(17)21(16)19-11-4-3-10-18(19)20-12-6-8-14-23(20)21;/h1-14H;. The first-order valence-corrected chi connectivity index (χ1v) is 7.69. The number of allylic oxidation sites excluding steroid dienone is 2. The zero-order valence-electron chi connectivity index (χ0n) is 13.1. The van der Waals surface area contributed by atoms with Gasteiger partial charge in [0.15, 0.2) is 12.4 Å². The van der Waals surface area contributed by atoms with Crippen LogP contribution in [0.5, 0.6) is 0 Å². The van der Waals surface area contributed by atoms with Crippen LogP contribution in [0.3, 0.4) is 0 Å². The molecule has 0 N–H and O–H groups in total. The van der Waals surface area contributed by atoms with Gasteiger partial charge in [0.2, 0.25) is 5.69 Å². The van der Waals surface area contributed by atoms with Gasteiger partial charge in [0.05, 0.1) is 16.8 Å². The van der Waals surface area contributed by atoms with Crippen molar-refractivity contribution in [1.82, 2.24) is 0 Å². The van der Waals surface area contributed by atoms with Crippen molar-refractivity contribution in [3.8, 4) is 11.3 Å². The van der Waals surface area contributed by atoms with Crippen molar-refractivity contribution in [2.45, 2.75) is 5.66 Å². The van der Waals surface area contributed by atoms with Gasteiger partial charge in [-0.2, -0.15) is 16.2 Å². The van der Waals surface area contributed by atoms with E-state index in [-0.39, 0.29) is 32.7 Å². The second-order valence-corrected chi connectivity index (χ2v) is 5.83. The molecule has 1 radical (unpaired) electrons. The van der Waals surface area contributed by atoms with E-state index in [1.165, 1.54) is 16.8 Å². The van der Waals surface area contributed by atoms with Crippen LogP contribution in [0.25, 0.3) is 11.3 Å². The first-order valence-electron chi connectivity index (χ1n) is 7.69. The minimum atomic E-state index is -0.488. The van der Waals surface area contributed by atoms with E-state index >= 15 is 0 Å². The number of hydrogen-bond donors (Lipinski definition) is 0. The molecule has 1 spiro atoms. The summed E-state index contributed by atoms with van der Waals surface area (Å²) in [6.07, 6.45) is 9.38. The van der Waals surface area contributed by atoms with Crippen LogP contribution in [0.15, 0.2) is 84.7 Å². The molecule has 1 atom stereocenters. The fraction of sp³-hybridized carbons (Fsp3) is 0.0476. The van der Waals surface area contributed by atoms with Crippen LogP contribution in [-0.2, 0) is 38.4 Å². The summed E-state index contributed by atoms with van der Waals surface area (Å²) >= 11 is 0. The number of rotatable bonds is 1. The summed E-state index contributed by atoms with van der Waals surface area (Å²) in [6, 6.07) is 21.0. The maximum Gasteiger partial charge on any atom is 0.333 e. The first kappa shape index (κ1) is 15.6. The average Bonchev–Trinajstić information content (AvgIpc) is 3.11. The third-order valence-electron chi connectivity index (χ3n) is 4.80. The molecule has 1 aromatic carbocycles. The van der Waals surface area contributed by atoms with Crippen molar-refractivity contribution >= 4 is 0 Å². The van der Waals surface area contributed by atoms with Gasteiger partial charge in [0.25, 0.3) is 0 Å². The van der Waals surface area contributed by atoms with Gasteiger partial charge in [0, 0.05) is 44.8 Å². The maximum absolute atomic E-state index is 6.03. The van der Waals surface area contributed by atoms with E-state index in [1.54, 1.807) is 6.08 Å².